The number of carbonyl (C=O) groups is 2. The molecule has 136 valence electrons. The zero-order valence-corrected chi connectivity index (χ0v) is 15.7. The van der Waals surface area contributed by atoms with Crippen molar-refractivity contribution < 1.29 is 14.3 Å². The first-order valence-corrected chi connectivity index (χ1v) is 9.67. The highest BCUT2D eigenvalue weighted by molar-refractivity contribution is 5.94. The van der Waals surface area contributed by atoms with Crippen LogP contribution in [0.5, 0.6) is 0 Å². The molecule has 0 bridgehead atoms. The van der Waals surface area contributed by atoms with E-state index < -0.39 is 0 Å². The summed E-state index contributed by atoms with van der Waals surface area (Å²) in [7, 11) is 0. The van der Waals surface area contributed by atoms with E-state index in [0.29, 0.717) is 6.61 Å². The molecule has 3 heteroatoms. The van der Waals surface area contributed by atoms with E-state index in [2.05, 4.69) is 13.8 Å². The maximum atomic E-state index is 11.1. The number of hydrogen-bond acceptors (Lipinski definition) is 3. The summed E-state index contributed by atoms with van der Waals surface area (Å²) < 4.78 is 5.00. The van der Waals surface area contributed by atoms with Gasteiger partial charge in [0.05, 0.1) is 6.61 Å². The van der Waals surface area contributed by atoms with Crippen LogP contribution >= 0.6 is 0 Å². The van der Waals surface area contributed by atoms with Crippen LogP contribution in [-0.2, 0) is 14.3 Å². The fourth-order valence-corrected chi connectivity index (χ4v) is 2.69. The lowest BCUT2D eigenvalue weighted by molar-refractivity contribution is -0.145. The number of carbonyl (C=O) groups excluding carboxylic acids is 2. The van der Waals surface area contributed by atoms with Crippen molar-refractivity contribution in [1.29, 1.82) is 0 Å². The van der Waals surface area contributed by atoms with Crippen molar-refractivity contribution in [2.24, 2.45) is 5.92 Å². The lowest BCUT2D eigenvalue weighted by Crippen LogP contribution is -2.09. The van der Waals surface area contributed by atoms with Crippen LogP contribution in [0.3, 0.4) is 0 Å². The first kappa shape index (κ1) is 22.1. The van der Waals surface area contributed by atoms with Gasteiger partial charge < -0.3 is 4.74 Å². The van der Waals surface area contributed by atoms with Gasteiger partial charge in [-0.05, 0) is 19.3 Å². The molecule has 23 heavy (non-hydrogen) atoms. The second-order valence-electron chi connectivity index (χ2n) is 7.17. The smallest absolute Gasteiger partial charge is 0.313 e. The molecular formula is C20H38O3. The van der Waals surface area contributed by atoms with Gasteiger partial charge >= 0.3 is 5.97 Å². The third-order valence-corrected chi connectivity index (χ3v) is 4.08. The minimum atomic E-state index is -0.383. The zero-order valence-electron chi connectivity index (χ0n) is 15.7. The van der Waals surface area contributed by atoms with Crippen LogP contribution < -0.4 is 0 Å². The zero-order chi connectivity index (χ0) is 17.3. The Kier molecular flexibility index (Phi) is 15.4. The van der Waals surface area contributed by atoms with Gasteiger partial charge in [0.15, 0.2) is 0 Å². The highest BCUT2D eigenvalue weighted by Gasteiger charge is 2.05. The summed E-state index contributed by atoms with van der Waals surface area (Å²) in [6.07, 6.45) is 15.5. The molecule has 0 aliphatic heterocycles. The second kappa shape index (κ2) is 16.0. The monoisotopic (exact) mass is 326 g/mol. The first-order valence-electron chi connectivity index (χ1n) is 9.67. The molecule has 0 radical (unpaired) electrons. The van der Waals surface area contributed by atoms with E-state index in [1.807, 2.05) is 0 Å². The summed E-state index contributed by atoms with van der Waals surface area (Å²) in [5.41, 5.74) is 0. The topological polar surface area (TPSA) is 43.4 Å². The highest BCUT2D eigenvalue weighted by atomic mass is 16.5. The van der Waals surface area contributed by atoms with Gasteiger partial charge in [0.2, 0.25) is 0 Å². The Morgan fingerprint density at radius 3 is 1.61 bits per heavy atom. The molecular weight excluding hydrogens is 288 g/mol. The van der Waals surface area contributed by atoms with Crippen molar-refractivity contribution in [3.05, 3.63) is 0 Å². The number of ketones is 1. The Labute approximate surface area is 143 Å². The van der Waals surface area contributed by atoms with Gasteiger partial charge in [-0.3, -0.25) is 9.59 Å². The standard InChI is InChI=1S/C20H38O3/c1-18(2)15-13-11-9-7-5-4-6-8-10-12-14-16-23-20(22)17-19(3)21/h18H,4-17H2,1-3H3. The minimum absolute atomic E-state index is 0.0858. The molecule has 0 saturated heterocycles. The molecule has 0 saturated carbocycles. The Balaban J connectivity index is 3.11. The Morgan fingerprint density at radius 1 is 0.739 bits per heavy atom. The quantitative estimate of drug-likeness (QED) is 0.203. The SMILES string of the molecule is CC(=O)CC(=O)OCCCCCCCCCCCCCC(C)C. The van der Waals surface area contributed by atoms with E-state index in [1.54, 1.807) is 0 Å². The van der Waals surface area contributed by atoms with Crippen LogP contribution in [0.1, 0.15) is 104 Å². The third kappa shape index (κ3) is 19.1. The maximum Gasteiger partial charge on any atom is 0.313 e. The van der Waals surface area contributed by atoms with E-state index in [1.165, 1.54) is 71.1 Å². The van der Waals surface area contributed by atoms with Crippen LogP contribution in [0.4, 0.5) is 0 Å². The average molecular weight is 327 g/mol. The van der Waals surface area contributed by atoms with Crippen molar-refractivity contribution in [2.75, 3.05) is 6.61 Å². The van der Waals surface area contributed by atoms with E-state index in [0.717, 1.165) is 18.8 Å². The van der Waals surface area contributed by atoms with Crippen LogP contribution in [0, 0.1) is 5.92 Å². The molecule has 0 aliphatic carbocycles. The second-order valence-corrected chi connectivity index (χ2v) is 7.17. The fourth-order valence-electron chi connectivity index (χ4n) is 2.69. The van der Waals surface area contributed by atoms with E-state index in [4.69, 9.17) is 4.74 Å². The van der Waals surface area contributed by atoms with Crippen LogP contribution in [-0.4, -0.2) is 18.4 Å². The van der Waals surface area contributed by atoms with Crippen molar-refractivity contribution >= 4 is 11.8 Å². The molecule has 0 N–H and O–H groups in total. The number of hydrogen-bond donors (Lipinski definition) is 0. The van der Waals surface area contributed by atoms with Crippen molar-refractivity contribution in [1.82, 2.24) is 0 Å². The number of esters is 1. The van der Waals surface area contributed by atoms with Crippen LogP contribution in [0.25, 0.3) is 0 Å². The molecule has 0 heterocycles. The molecule has 0 rings (SSSR count). The summed E-state index contributed by atoms with van der Waals surface area (Å²) in [4.78, 5) is 21.9. The molecule has 0 aromatic rings. The van der Waals surface area contributed by atoms with Crippen molar-refractivity contribution in [2.45, 2.75) is 104 Å². The predicted molar refractivity (Wildman–Crippen MR) is 96.5 cm³/mol. The summed E-state index contributed by atoms with van der Waals surface area (Å²) in [6, 6.07) is 0. The Hall–Kier alpha value is -0.860. The summed E-state index contributed by atoms with van der Waals surface area (Å²) in [5.74, 6) is 0.341. The third-order valence-electron chi connectivity index (χ3n) is 4.08. The predicted octanol–water partition coefficient (Wildman–Crippen LogP) is 5.85. The van der Waals surface area contributed by atoms with Gasteiger partial charge in [0.1, 0.15) is 12.2 Å². The number of Topliss-reactive ketones (excluding diaryl/α,β-unsaturated/α-hetero) is 1. The molecule has 0 aromatic carbocycles. The van der Waals surface area contributed by atoms with Crippen LogP contribution in [0.2, 0.25) is 0 Å². The summed E-state index contributed by atoms with van der Waals surface area (Å²) >= 11 is 0. The van der Waals surface area contributed by atoms with Crippen molar-refractivity contribution in [3.63, 3.8) is 0 Å². The van der Waals surface area contributed by atoms with Gasteiger partial charge in [0, 0.05) is 0 Å². The number of unbranched alkanes of at least 4 members (excludes halogenated alkanes) is 10. The van der Waals surface area contributed by atoms with E-state index in [-0.39, 0.29) is 18.2 Å². The Morgan fingerprint density at radius 2 is 1.17 bits per heavy atom. The molecule has 0 aromatic heterocycles. The molecule has 0 unspecified atom stereocenters. The van der Waals surface area contributed by atoms with Gasteiger partial charge in [-0.25, -0.2) is 0 Å². The summed E-state index contributed by atoms with van der Waals surface area (Å²) in [5, 5.41) is 0. The minimum Gasteiger partial charge on any atom is -0.465 e. The van der Waals surface area contributed by atoms with Crippen molar-refractivity contribution in [3.8, 4) is 0 Å². The first-order chi connectivity index (χ1) is 11.0. The summed E-state index contributed by atoms with van der Waals surface area (Å²) in [6.45, 7) is 6.47. The highest BCUT2D eigenvalue weighted by Crippen LogP contribution is 2.13. The Bertz CT molecular complexity index is 297. The molecule has 3 nitrogen and oxygen atoms in total. The normalized spacial score (nSPS) is 11.0. The van der Waals surface area contributed by atoms with E-state index in [9.17, 15) is 9.59 Å². The van der Waals surface area contributed by atoms with Gasteiger partial charge in [-0.1, -0.05) is 84.5 Å². The maximum absolute atomic E-state index is 11.1. The molecule has 0 amide bonds. The number of rotatable bonds is 16. The van der Waals surface area contributed by atoms with Gasteiger partial charge in [-0.2, -0.15) is 0 Å². The van der Waals surface area contributed by atoms with Gasteiger partial charge in [-0.15, -0.1) is 0 Å². The van der Waals surface area contributed by atoms with Gasteiger partial charge in [0.25, 0.3) is 0 Å². The molecule has 0 fully saturated rings. The largest absolute Gasteiger partial charge is 0.465 e. The molecule has 0 aliphatic rings. The average Bonchev–Trinajstić information content (AvgIpc) is 2.46. The van der Waals surface area contributed by atoms with Crippen LogP contribution in [0.15, 0.2) is 0 Å². The number of ether oxygens (including phenoxy) is 1. The molecule has 0 spiro atoms. The molecule has 0 atom stereocenters. The fraction of sp³-hybridized carbons (Fsp3) is 0.900. The van der Waals surface area contributed by atoms with E-state index >= 15 is 0 Å². The lowest BCUT2D eigenvalue weighted by atomic mass is 10.0. The lowest BCUT2D eigenvalue weighted by Gasteiger charge is -2.05.